The summed E-state index contributed by atoms with van der Waals surface area (Å²) >= 11 is 3.42. The van der Waals surface area contributed by atoms with E-state index in [1.165, 1.54) is 0 Å². The van der Waals surface area contributed by atoms with E-state index in [1.54, 1.807) is 37.4 Å². The number of aromatic nitrogens is 4. The summed E-state index contributed by atoms with van der Waals surface area (Å²) in [6.45, 7) is 8.98. The van der Waals surface area contributed by atoms with Crippen molar-refractivity contribution in [1.82, 2.24) is 25.6 Å². The van der Waals surface area contributed by atoms with Crippen molar-refractivity contribution in [2.75, 3.05) is 16.6 Å². The zero-order valence-electron chi connectivity index (χ0n) is 16.1. The first-order valence-electron chi connectivity index (χ1n) is 8.47. The fraction of sp³-hybridized carbons (Fsp3) is 0.688. The molecule has 9 nitrogen and oxygen atoms in total. The van der Waals surface area contributed by atoms with Crippen LogP contribution in [0.5, 0.6) is 0 Å². The van der Waals surface area contributed by atoms with Crippen LogP contribution in [0.1, 0.15) is 50.2 Å². The lowest BCUT2D eigenvalue weighted by atomic mass is 10.2. The Labute approximate surface area is 166 Å². The van der Waals surface area contributed by atoms with Gasteiger partial charge in [0.15, 0.2) is 11.6 Å². The van der Waals surface area contributed by atoms with Crippen molar-refractivity contribution in [3.05, 3.63) is 23.4 Å². The van der Waals surface area contributed by atoms with E-state index < -0.39 is 17.7 Å². The topological polar surface area (TPSA) is 116 Å². The molecular formula is C16H25N5O4S2. The first kappa shape index (κ1) is 21.5. The first-order chi connectivity index (χ1) is 12.7. The van der Waals surface area contributed by atoms with Crippen molar-refractivity contribution >= 4 is 29.6 Å². The lowest BCUT2D eigenvalue weighted by Gasteiger charge is -2.22. The number of amides is 1. The Morgan fingerprint density at radius 3 is 2.44 bits per heavy atom. The van der Waals surface area contributed by atoms with Crippen molar-refractivity contribution in [1.29, 1.82) is 0 Å². The number of thioether (sulfide) groups is 2. The SMILES string of the molecule is Cc1noc(CCSCSC[C@H](NC(=O)OC(C)(C)C)c2nc(C)no2)n1. The molecule has 0 aliphatic carbocycles. The molecule has 1 amide bonds. The largest absolute Gasteiger partial charge is 0.444 e. The summed E-state index contributed by atoms with van der Waals surface area (Å²) in [5.74, 6) is 3.66. The van der Waals surface area contributed by atoms with Crippen LogP contribution in [0.3, 0.4) is 0 Å². The van der Waals surface area contributed by atoms with Gasteiger partial charge in [-0.05, 0) is 34.6 Å². The van der Waals surface area contributed by atoms with Gasteiger partial charge in [0.1, 0.15) is 11.6 Å². The summed E-state index contributed by atoms with van der Waals surface area (Å²) in [6, 6.07) is -0.412. The third-order valence-electron chi connectivity index (χ3n) is 3.01. The number of nitrogens with zero attached hydrogens (tertiary/aromatic N) is 4. The minimum atomic E-state index is -0.574. The van der Waals surface area contributed by atoms with Crippen LogP contribution in [0.2, 0.25) is 0 Å². The van der Waals surface area contributed by atoms with Gasteiger partial charge in [-0.1, -0.05) is 10.3 Å². The van der Waals surface area contributed by atoms with Gasteiger partial charge in [-0.25, -0.2) is 4.79 Å². The second-order valence-electron chi connectivity index (χ2n) is 6.76. The molecule has 1 atom stereocenters. The van der Waals surface area contributed by atoms with Gasteiger partial charge < -0.3 is 19.1 Å². The van der Waals surface area contributed by atoms with Gasteiger partial charge in [0.25, 0.3) is 0 Å². The molecule has 0 aliphatic rings. The van der Waals surface area contributed by atoms with Crippen LogP contribution in [-0.4, -0.2) is 48.6 Å². The second-order valence-corrected chi connectivity index (χ2v) is 9.26. The first-order valence-corrected chi connectivity index (χ1v) is 10.8. The molecule has 0 radical (unpaired) electrons. The number of alkyl carbamates (subject to hydrolysis) is 1. The van der Waals surface area contributed by atoms with Crippen LogP contribution in [0.25, 0.3) is 0 Å². The van der Waals surface area contributed by atoms with E-state index in [0.29, 0.717) is 29.2 Å². The van der Waals surface area contributed by atoms with Crippen LogP contribution < -0.4 is 5.32 Å². The summed E-state index contributed by atoms with van der Waals surface area (Å²) in [7, 11) is 0. The molecule has 0 aliphatic heterocycles. The molecule has 0 unspecified atom stereocenters. The Morgan fingerprint density at radius 2 is 1.85 bits per heavy atom. The van der Waals surface area contributed by atoms with Crippen LogP contribution in [0.15, 0.2) is 9.05 Å². The highest BCUT2D eigenvalue weighted by Gasteiger charge is 2.24. The summed E-state index contributed by atoms with van der Waals surface area (Å²) in [5, 5.41) is 11.2. The summed E-state index contributed by atoms with van der Waals surface area (Å²) in [5.41, 5.74) is -0.574. The maximum absolute atomic E-state index is 12.1. The van der Waals surface area contributed by atoms with Crippen LogP contribution >= 0.6 is 23.5 Å². The average molecular weight is 416 g/mol. The Bertz CT molecular complexity index is 728. The number of ether oxygens (including phenoxy) is 1. The van der Waals surface area contributed by atoms with E-state index in [-0.39, 0.29) is 0 Å². The number of carbonyl (C=O) groups is 1. The maximum atomic E-state index is 12.1. The highest BCUT2D eigenvalue weighted by molar-refractivity contribution is 8.15. The number of hydrogen-bond acceptors (Lipinski definition) is 10. The van der Waals surface area contributed by atoms with E-state index in [1.807, 2.05) is 20.8 Å². The standard InChI is InChI=1S/C16H25N5O4S2/c1-10-17-13(24-20-10)6-7-26-9-27-8-12(14-18-11(2)21-25-14)19-15(22)23-16(3,4)5/h12H,6-9H2,1-5H3,(H,19,22)/t12-/m0/s1. The van der Waals surface area contributed by atoms with Crippen molar-refractivity contribution in [3.63, 3.8) is 0 Å². The van der Waals surface area contributed by atoms with Crippen LogP contribution in [-0.2, 0) is 11.2 Å². The minimum Gasteiger partial charge on any atom is -0.444 e. The zero-order chi connectivity index (χ0) is 19.9. The van der Waals surface area contributed by atoms with E-state index in [0.717, 1.165) is 17.3 Å². The predicted octanol–water partition coefficient (Wildman–Crippen LogP) is 3.30. The number of aryl methyl sites for hydroxylation is 3. The number of rotatable bonds is 9. The molecule has 0 aromatic carbocycles. The smallest absolute Gasteiger partial charge is 0.408 e. The monoisotopic (exact) mass is 415 g/mol. The van der Waals surface area contributed by atoms with E-state index in [9.17, 15) is 4.79 Å². The molecule has 2 aromatic rings. The van der Waals surface area contributed by atoms with Gasteiger partial charge >= 0.3 is 6.09 Å². The van der Waals surface area contributed by atoms with Gasteiger partial charge in [-0.2, -0.15) is 21.7 Å². The van der Waals surface area contributed by atoms with Crippen molar-refractivity contribution < 1.29 is 18.6 Å². The van der Waals surface area contributed by atoms with Crippen molar-refractivity contribution in [3.8, 4) is 0 Å². The Kier molecular flexibility index (Phi) is 7.96. The average Bonchev–Trinajstić information content (AvgIpc) is 3.16. The summed E-state index contributed by atoms with van der Waals surface area (Å²) < 4.78 is 15.6. The molecule has 0 saturated carbocycles. The van der Waals surface area contributed by atoms with Gasteiger partial charge in [0.2, 0.25) is 11.8 Å². The normalized spacial score (nSPS) is 12.8. The molecule has 0 fully saturated rings. The number of nitrogens with one attached hydrogen (secondary N) is 1. The zero-order valence-corrected chi connectivity index (χ0v) is 17.8. The molecule has 0 spiro atoms. The third-order valence-corrected chi connectivity index (χ3v) is 5.41. The molecule has 11 heteroatoms. The van der Waals surface area contributed by atoms with Crippen LogP contribution in [0, 0.1) is 13.8 Å². The van der Waals surface area contributed by atoms with Crippen molar-refractivity contribution in [2.45, 2.75) is 52.7 Å². The maximum Gasteiger partial charge on any atom is 0.408 e. The molecule has 150 valence electrons. The Hall–Kier alpha value is -1.75. The third kappa shape index (κ3) is 8.21. The van der Waals surface area contributed by atoms with E-state index in [4.69, 9.17) is 13.8 Å². The highest BCUT2D eigenvalue weighted by atomic mass is 32.2. The molecule has 2 heterocycles. The summed E-state index contributed by atoms with van der Waals surface area (Å²) in [4.78, 5) is 20.5. The van der Waals surface area contributed by atoms with E-state index in [2.05, 4.69) is 25.6 Å². The molecule has 0 bridgehead atoms. The molecular weight excluding hydrogens is 390 g/mol. The molecule has 0 saturated heterocycles. The predicted molar refractivity (Wildman–Crippen MR) is 104 cm³/mol. The van der Waals surface area contributed by atoms with Gasteiger partial charge in [-0.15, -0.1) is 11.8 Å². The molecule has 2 rings (SSSR count). The minimum absolute atomic E-state index is 0.372. The van der Waals surface area contributed by atoms with Crippen molar-refractivity contribution in [2.24, 2.45) is 0 Å². The highest BCUT2D eigenvalue weighted by Crippen LogP contribution is 2.21. The van der Waals surface area contributed by atoms with Gasteiger partial charge in [0, 0.05) is 23.0 Å². The molecule has 1 N–H and O–H groups in total. The number of carbonyl (C=O) groups excluding carboxylic acids is 1. The quantitative estimate of drug-likeness (QED) is 0.483. The fourth-order valence-corrected chi connectivity index (χ4v) is 4.07. The van der Waals surface area contributed by atoms with Gasteiger partial charge in [0.05, 0.1) is 0 Å². The lowest BCUT2D eigenvalue weighted by molar-refractivity contribution is 0.0500. The fourth-order valence-electron chi connectivity index (χ4n) is 1.96. The van der Waals surface area contributed by atoms with Crippen LogP contribution in [0.4, 0.5) is 4.79 Å². The molecule has 27 heavy (non-hydrogen) atoms. The van der Waals surface area contributed by atoms with Gasteiger partial charge in [-0.3, -0.25) is 0 Å². The number of hydrogen-bond donors (Lipinski definition) is 1. The summed E-state index contributed by atoms with van der Waals surface area (Å²) in [6.07, 6.45) is 0.220. The Balaban J connectivity index is 1.77. The van der Waals surface area contributed by atoms with E-state index >= 15 is 0 Å². The molecule has 2 aromatic heterocycles. The second kappa shape index (κ2) is 9.98. The Morgan fingerprint density at radius 1 is 1.15 bits per heavy atom. The lowest BCUT2D eigenvalue weighted by Crippen LogP contribution is -2.36.